The van der Waals surface area contributed by atoms with Crippen LogP contribution in [0.25, 0.3) is 0 Å². The summed E-state index contributed by atoms with van der Waals surface area (Å²) in [6, 6.07) is 0. The zero-order valence-corrected chi connectivity index (χ0v) is 38.9. The number of nitrogens with one attached hydrogen (secondary N) is 1. The van der Waals surface area contributed by atoms with Crippen LogP contribution in [-0.2, 0) is 37.5 Å². The predicted molar refractivity (Wildman–Crippen MR) is 238 cm³/mol. The lowest BCUT2D eigenvalue weighted by Gasteiger charge is -2.21. The molecule has 0 bridgehead atoms. The molecule has 0 heterocycles. The zero-order chi connectivity index (χ0) is 42.1. The van der Waals surface area contributed by atoms with E-state index in [0.29, 0.717) is 12.8 Å². The van der Waals surface area contributed by atoms with Crippen LogP contribution in [0, 0.1) is 5.92 Å². The van der Waals surface area contributed by atoms with E-state index in [4.69, 9.17) is 18.5 Å². The number of carbonyl (C=O) groups is 3. The van der Waals surface area contributed by atoms with Crippen LogP contribution in [-0.4, -0.2) is 57.0 Å². The molecule has 1 amide bonds. The van der Waals surface area contributed by atoms with Crippen molar-refractivity contribution in [2.24, 2.45) is 5.92 Å². The molecule has 0 aromatic heterocycles. The van der Waals surface area contributed by atoms with Crippen molar-refractivity contribution >= 4 is 25.4 Å². The molecular formula is C47H92NO8P. The smallest absolute Gasteiger partial charge is 0.327 e. The molecule has 0 aromatic rings. The van der Waals surface area contributed by atoms with Gasteiger partial charge in [-0.1, -0.05) is 207 Å². The first-order valence-electron chi connectivity index (χ1n) is 24.1. The van der Waals surface area contributed by atoms with Gasteiger partial charge in [0, 0.05) is 32.5 Å². The molecule has 0 saturated heterocycles. The zero-order valence-electron chi connectivity index (χ0n) is 38.0. The first-order chi connectivity index (χ1) is 27.6. The molecule has 0 aliphatic heterocycles. The van der Waals surface area contributed by atoms with E-state index in [0.717, 1.165) is 38.5 Å². The molecule has 338 valence electrons. The van der Waals surface area contributed by atoms with Gasteiger partial charge in [-0.15, -0.1) is 0 Å². The molecular weight excluding hydrogens is 737 g/mol. The third kappa shape index (κ3) is 42.5. The Morgan fingerprint density at radius 3 is 1.26 bits per heavy atom. The Balaban J connectivity index is 4.41. The van der Waals surface area contributed by atoms with E-state index in [1.54, 1.807) is 0 Å². The molecule has 0 aromatic carbocycles. The summed E-state index contributed by atoms with van der Waals surface area (Å²) in [6.07, 6.45) is 37.8. The molecule has 0 saturated carbocycles. The monoisotopic (exact) mass is 830 g/mol. The number of hydrogen-bond acceptors (Lipinski definition) is 8. The predicted octanol–water partition coefficient (Wildman–Crippen LogP) is 14.0. The van der Waals surface area contributed by atoms with Gasteiger partial charge in [0.2, 0.25) is 5.91 Å². The Morgan fingerprint density at radius 1 is 0.509 bits per heavy atom. The number of rotatable bonds is 44. The molecule has 10 heteroatoms. The summed E-state index contributed by atoms with van der Waals surface area (Å²) in [4.78, 5) is 37.2. The Morgan fingerprint density at radius 2 is 0.877 bits per heavy atom. The van der Waals surface area contributed by atoms with Gasteiger partial charge in [-0.3, -0.25) is 18.9 Å². The topological polar surface area (TPSA) is 117 Å². The second kappa shape index (κ2) is 41.3. The summed E-state index contributed by atoms with van der Waals surface area (Å²) in [5, 5.41) is 2.74. The van der Waals surface area contributed by atoms with Gasteiger partial charge in [0.05, 0.1) is 13.2 Å². The Labute approximate surface area is 351 Å². The van der Waals surface area contributed by atoms with E-state index in [9.17, 15) is 18.9 Å². The highest BCUT2D eigenvalue weighted by molar-refractivity contribution is 7.52. The highest BCUT2D eigenvalue weighted by Gasteiger charge is 2.24. The SMILES string of the molecule is CCCCCCCCCCCCCCCCCC(=O)OC[C@H](COP(C)(=O)OCCNC(=O)CC(C)C)OC(=O)CCCCCCCCCCCCCCCCC. The van der Waals surface area contributed by atoms with Crippen LogP contribution in [0.3, 0.4) is 0 Å². The lowest BCUT2D eigenvalue weighted by molar-refractivity contribution is -0.161. The quantitative estimate of drug-likeness (QED) is 0.0366. The average molecular weight is 830 g/mol. The summed E-state index contributed by atoms with van der Waals surface area (Å²) in [6.45, 7) is 9.66. The largest absolute Gasteiger partial charge is 0.462 e. The van der Waals surface area contributed by atoms with E-state index in [1.807, 2.05) is 13.8 Å². The molecule has 0 radical (unpaired) electrons. The summed E-state index contributed by atoms with van der Waals surface area (Å²) in [5.41, 5.74) is 0. The molecule has 57 heavy (non-hydrogen) atoms. The first-order valence-corrected chi connectivity index (χ1v) is 26.1. The summed E-state index contributed by atoms with van der Waals surface area (Å²) in [7, 11) is -3.51. The van der Waals surface area contributed by atoms with Crippen molar-refractivity contribution in [2.45, 2.75) is 246 Å². The van der Waals surface area contributed by atoms with Gasteiger partial charge in [-0.05, 0) is 18.8 Å². The maximum Gasteiger partial charge on any atom is 0.327 e. The van der Waals surface area contributed by atoms with Gasteiger partial charge in [0.1, 0.15) is 6.61 Å². The van der Waals surface area contributed by atoms with Crippen LogP contribution >= 0.6 is 7.60 Å². The van der Waals surface area contributed by atoms with E-state index in [-0.39, 0.29) is 56.5 Å². The normalized spacial score (nSPS) is 13.1. The molecule has 0 aliphatic rings. The van der Waals surface area contributed by atoms with Crippen LogP contribution in [0.15, 0.2) is 0 Å². The standard InChI is InChI=1S/C47H92NO8P/c1-6-8-10-12-14-16-18-20-22-24-26-28-30-32-34-36-46(50)53-41-44(42-55-57(5,52)54-39-38-48-45(49)40-43(3)4)56-47(51)37-35-33-31-29-27-25-23-21-19-17-15-13-11-9-7-2/h43-44H,6-42H2,1-5H3,(H,48,49)/t44-,57?/m1/s1. The second-order valence-corrected chi connectivity index (χ2v) is 19.1. The van der Waals surface area contributed by atoms with Gasteiger partial charge in [0.25, 0.3) is 0 Å². The molecule has 9 nitrogen and oxygen atoms in total. The maximum atomic E-state index is 13.0. The Hall–Kier alpha value is -1.44. The Kier molecular flexibility index (Phi) is 40.3. The lowest BCUT2D eigenvalue weighted by atomic mass is 10.0. The van der Waals surface area contributed by atoms with Crippen molar-refractivity contribution in [3.05, 3.63) is 0 Å². The summed E-state index contributed by atoms with van der Waals surface area (Å²) in [5.74, 6) is -0.561. The number of carbonyl (C=O) groups excluding carboxylic acids is 3. The Bertz CT molecular complexity index is 977. The first kappa shape index (κ1) is 55.6. The van der Waals surface area contributed by atoms with Crippen LogP contribution in [0.2, 0.25) is 0 Å². The number of amides is 1. The van der Waals surface area contributed by atoms with Gasteiger partial charge >= 0.3 is 19.5 Å². The van der Waals surface area contributed by atoms with Crippen LogP contribution in [0.1, 0.15) is 240 Å². The van der Waals surface area contributed by atoms with E-state index < -0.39 is 13.7 Å². The second-order valence-electron chi connectivity index (χ2n) is 17.0. The van der Waals surface area contributed by atoms with E-state index >= 15 is 0 Å². The third-order valence-electron chi connectivity index (χ3n) is 10.5. The van der Waals surface area contributed by atoms with Crippen molar-refractivity contribution in [1.82, 2.24) is 5.32 Å². The van der Waals surface area contributed by atoms with Crippen molar-refractivity contribution in [1.29, 1.82) is 0 Å². The van der Waals surface area contributed by atoms with Crippen molar-refractivity contribution in [3.8, 4) is 0 Å². The fourth-order valence-corrected chi connectivity index (χ4v) is 7.94. The maximum absolute atomic E-state index is 13.0. The lowest BCUT2D eigenvalue weighted by Crippen LogP contribution is -2.30. The molecule has 2 atom stereocenters. The van der Waals surface area contributed by atoms with Crippen LogP contribution in [0.4, 0.5) is 0 Å². The van der Waals surface area contributed by atoms with Gasteiger partial charge in [-0.25, -0.2) is 0 Å². The highest BCUT2D eigenvalue weighted by Crippen LogP contribution is 2.43. The number of unbranched alkanes of at least 4 members (excludes halogenated alkanes) is 28. The molecule has 0 aliphatic carbocycles. The van der Waals surface area contributed by atoms with Crippen LogP contribution in [0.5, 0.6) is 0 Å². The minimum atomic E-state index is -3.51. The molecule has 0 rings (SSSR count). The highest BCUT2D eigenvalue weighted by atomic mass is 31.2. The average Bonchev–Trinajstić information content (AvgIpc) is 3.17. The summed E-state index contributed by atoms with van der Waals surface area (Å²) >= 11 is 0. The summed E-state index contributed by atoms with van der Waals surface area (Å²) < 4.78 is 35.1. The fourth-order valence-electron chi connectivity index (χ4n) is 7.00. The molecule has 0 spiro atoms. The molecule has 1 N–H and O–H groups in total. The van der Waals surface area contributed by atoms with E-state index in [2.05, 4.69) is 19.2 Å². The molecule has 0 fully saturated rings. The van der Waals surface area contributed by atoms with Crippen molar-refractivity contribution in [3.63, 3.8) is 0 Å². The van der Waals surface area contributed by atoms with Crippen molar-refractivity contribution in [2.75, 3.05) is 33.0 Å². The number of esters is 2. The fraction of sp³-hybridized carbons (Fsp3) is 0.936. The van der Waals surface area contributed by atoms with Gasteiger partial charge < -0.3 is 23.8 Å². The van der Waals surface area contributed by atoms with Crippen molar-refractivity contribution < 1.29 is 37.5 Å². The number of hydrogen-bond donors (Lipinski definition) is 1. The molecule has 1 unspecified atom stereocenters. The van der Waals surface area contributed by atoms with Gasteiger partial charge in [-0.2, -0.15) is 0 Å². The third-order valence-corrected chi connectivity index (χ3v) is 11.8. The van der Waals surface area contributed by atoms with Gasteiger partial charge in [0.15, 0.2) is 6.10 Å². The van der Waals surface area contributed by atoms with E-state index in [1.165, 1.54) is 161 Å². The van der Waals surface area contributed by atoms with Crippen LogP contribution < -0.4 is 5.32 Å². The minimum Gasteiger partial charge on any atom is -0.462 e. The number of ether oxygens (including phenoxy) is 2. The minimum absolute atomic E-state index is 0.0233.